The molecule has 0 radical (unpaired) electrons. The van der Waals surface area contributed by atoms with E-state index in [0.29, 0.717) is 51.4 Å². The summed E-state index contributed by atoms with van der Waals surface area (Å²) < 4.78 is 84.8. The van der Waals surface area contributed by atoms with Crippen LogP contribution in [-0.4, -0.2) is 51.7 Å². The fourth-order valence-electron chi connectivity index (χ4n) is 4.68. The number of carbonyl (C=O) groups excluding carboxylic acids is 1. The average Bonchev–Trinajstić information content (AvgIpc) is 2.63. The van der Waals surface area contributed by atoms with Gasteiger partial charge in [-0.3, -0.25) is 4.79 Å². The summed E-state index contributed by atoms with van der Waals surface area (Å²) in [6.45, 7) is 0. The first-order chi connectivity index (χ1) is 14.4. The molecule has 0 aromatic heterocycles. The maximum atomic E-state index is 14.7. The van der Waals surface area contributed by atoms with Gasteiger partial charge in [0.1, 0.15) is 0 Å². The molecule has 180 valence electrons. The zero-order valence-corrected chi connectivity index (χ0v) is 17.5. The fraction of sp³-hybridized carbons (Fsp3) is 0.905. The van der Waals surface area contributed by atoms with Gasteiger partial charge in [-0.2, -0.15) is 26.3 Å². The first-order valence-corrected chi connectivity index (χ1v) is 11.1. The molecule has 4 nitrogen and oxygen atoms in total. The van der Waals surface area contributed by atoms with E-state index in [1.807, 2.05) is 0 Å². The van der Waals surface area contributed by atoms with E-state index in [9.17, 15) is 35.9 Å². The second-order valence-corrected chi connectivity index (χ2v) is 8.74. The lowest BCUT2D eigenvalue weighted by atomic mass is 9.89. The van der Waals surface area contributed by atoms with Crippen LogP contribution in [0, 0.1) is 0 Å². The van der Waals surface area contributed by atoms with Crippen LogP contribution in [0.1, 0.15) is 89.9 Å². The quantitative estimate of drug-likeness (QED) is 0.494. The van der Waals surface area contributed by atoms with Gasteiger partial charge < -0.3 is 10.0 Å². The molecule has 0 atom stereocenters. The molecular weight excluding hydrogens is 428 g/mol. The van der Waals surface area contributed by atoms with E-state index in [1.54, 1.807) is 0 Å². The minimum atomic E-state index is -6.36. The number of rotatable bonds is 6. The van der Waals surface area contributed by atoms with Crippen molar-refractivity contribution in [2.24, 2.45) is 0 Å². The van der Waals surface area contributed by atoms with Crippen LogP contribution in [0.5, 0.6) is 0 Å². The summed E-state index contributed by atoms with van der Waals surface area (Å²) in [4.78, 5) is 24.2. The van der Waals surface area contributed by atoms with E-state index in [1.165, 1.54) is 0 Å². The molecule has 2 fully saturated rings. The van der Waals surface area contributed by atoms with Gasteiger partial charge in [0.25, 0.3) is 5.91 Å². The molecule has 2 aliphatic rings. The van der Waals surface area contributed by atoms with Gasteiger partial charge in [0, 0.05) is 12.1 Å². The van der Waals surface area contributed by atoms with Crippen LogP contribution in [0.25, 0.3) is 0 Å². The van der Waals surface area contributed by atoms with Gasteiger partial charge in [-0.25, -0.2) is 4.79 Å². The maximum absolute atomic E-state index is 14.7. The summed E-state index contributed by atoms with van der Waals surface area (Å²) in [6.07, 6.45) is 8.95. The van der Waals surface area contributed by atoms with Crippen LogP contribution in [0.3, 0.4) is 0 Å². The molecule has 2 aliphatic carbocycles. The van der Waals surface area contributed by atoms with Crippen molar-refractivity contribution in [3.05, 3.63) is 0 Å². The topological polar surface area (TPSA) is 57.6 Å². The average molecular weight is 459 g/mol. The largest absolute Gasteiger partial charge is 0.477 e. The molecular formula is C21H31F6NO3. The zero-order chi connectivity index (χ0) is 23.3. The van der Waals surface area contributed by atoms with Gasteiger partial charge in [-0.05, 0) is 25.7 Å². The molecule has 1 amide bonds. The van der Waals surface area contributed by atoms with Gasteiger partial charge >= 0.3 is 23.7 Å². The molecule has 0 heterocycles. The highest BCUT2D eigenvalue weighted by molar-refractivity contribution is 5.88. The number of carbonyl (C=O) groups is 2. The summed E-state index contributed by atoms with van der Waals surface area (Å²) in [5, 5.41) is 8.41. The number of alkyl halides is 6. The molecule has 0 saturated heterocycles. The van der Waals surface area contributed by atoms with Gasteiger partial charge in [0.15, 0.2) is 0 Å². The molecule has 0 aromatic rings. The summed E-state index contributed by atoms with van der Waals surface area (Å²) in [6, 6.07) is -1.50. The Morgan fingerprint density at radius 3 is 1.26 bits per heavy atom. The van der Waals surface area contributed by atoms with Gasteiger partial charge in [0.2, 0.25) is 0 Å². The van der Waals surface area contributed by atoms with Crippen molar-refractivity contribution in [1.82, 2.24) is 4.90 Å². The standard InChI is InChI=1S/C21H31F6NO3/c22-19(23,21(26,27)20(24,25)18(30)31)17(29)28(15-11-7-3-1-4-8-12-15)16-13-9-5-2-6-10-14-16/h15-16H,1-14H2,(H,30,31). The SMILES string of the molecule is O=C(O)C(F)(F)C(F)(F)C(F)(F)C(=O)N(C1CCCCCCC1)C1CCCCCCC1. The Hall–Kier alpha value is -1.48. The van der Waals surface area contributed by atoms with Crippen LogP contribution in [0.15, 0.2) is 0 Å². The molecule has 1 N–H and O–H groups in total. The van der Waals surface area contributed by atoms with Crippen LogP contribution in [0.2, 0.25) is 0 Å². The van der Waals surface area contributed by atoms with E-state index in [0.717, 1.165) is 43.4 Å². The molecule has 0 aromatic carbocycles. The molecule has 0 unspecified atom stereocenters. The Bertz CT molecular complexity index is 590. The van der Waals surface area contributed by atoms with Gasteiger partial charge in [-0.1, -0.05) is 64.2 Å². The van der Waals surface area contributed by atoms with Crippen LogP contribution < -0.4 is 0 Å². The second-order valence-electron chi connectivity index (χ2n) is 8.74. The normalized spacial score (nSPS) is 21.5. The van der Waals surface area contributed by atoms with Crippen molar-refractivity contribution in [2.75, 3.05) is 0 Å². The molecule has 2 rings (SSSR count). The fourth-order valence-corrected chi connectivity index (χ4v) is 4.68. The molecule has 0 aliphatic heterocycles. The highest BCUT2D eigenvalue weighted by Gasteiger charge is 2.79. The first-order valence-electron chi connectivity index (χ1n) is 11.1. The van der Waals surface area contributed by atoms with Crippen molar-refractivity contribution >= 4 is 11.9 Å². The lowest BCUT2D eigenvalue weighted by Gasteiger charge is -2.43. The Labute approximate surface area is 178 Å². The van der Waals surface area contributed by atoms with Crippen LogP contribution in [-0.2, 0) is 9.59 Å². The Kier molecular flexibility index (Phi) is 8.67. The summed E-state index contributed by atoms with van der Waals surface area (Å²) in [5.41, 5.74) is 0. The number of carboxylic acids is 1. The van der Waals surface area contributed by atoms with E-state index in [2.05, 4.69) is 0 Å². The third kappa shape index (κ3) is 5.48. The van der Waals surface area contributed by atoms with E-state index in [4.69, 9.17) is 5.11 Å². The molecule has 0 bridgehead atoms. The predicted molar refractivity (Wildman–Crippen MR) is 102 cm³/mol. The number of nitrogens with zero attached hydrogens (tertiary/aromatic N) is 1. The number of amides is 1. The number of carboxylic acid groups (broad SMARTS) is 1. The van der Waals surface area contributed by atoms with E-state index >= 15 is 0 Å². The summed E-state index contributed by atoms with van der Waals surface area (Å²) in [5.74, 6) is -24.1. The molecule has 2 saturated carbocycles. The smallest absolute Gasteiger partial charge is 0.411 e. The van der Waals surface area contributed by atoms with Crippen molar-refractivity contribution in [3.8, 4) is 0 Å². The number of hydrogen-bond donors (Lipinski definition) is 1. The van der Waals surface area contributed by atoms with Crippen LogP contribution in [0.4, 0.5) is 26.3 Å². The predicted octanol–water partition coefficient (Wildman–Crippen LogP) is 6.03. The minimum Gasteiger partial charge on any atom is -0.477 e. The zero-order valence-electron chi connectivity index (χ0n) is 17.5. The van der Waals surface area contributed by atoms with Crippen molar-refractivity contribution in [3.63, 3.8) is 0 Å². The summed E-state index contributed by atoms with van der Waals surface area (Å²) in [7, 11) is 0. The molecule has 10 heteroatoms. The van der Waals surface area contributed by atoms with Gasteiger partial charge in [0.05, 0.1) is 0 Å². The third-order valence-corrected chi connectivity index (χ3v) is 6.50. The maximum Gasteiger partial charge on any atom is 0.411 e. The highest BCUT2D eigenvalue weighted by Crippen LogP contribution is 2.47. The minimum absolute atomic E-state index is 0.333. The monoisotopic (exact) mass is 459 g/mol. The summed E-state index contributed by atoms with van der Waals surface area (Å²) >= 11 is 0. The number of hydrogen-bond acceptors (Lipinski definition) is 2. The molecule has 31 heavy (non-hydrogen) atoms. The number of halogens is 6. The van der Waals surface area contributed by atoms with Crippen molar-refractivity contribution in [1.29, 1.82) is 0 Å². The number of aliphatic carboxylic acids is 1. The van der Waals surface area contributed by atoms with Crippen molar-refractivity contribution < 1.29 is 41.0 Å². The third-order valence-electron chi connectivity index (χ3n) is 6.50. The lowest BCUT2D eigenvalue weighted by Crippen LogP contribution is -2.66. The Morgan fingerprint density at radius 1 is 0.613 bits per heavy atom. The Morgan fingerprint density at radius 2 is 0.935 bits per heavy atom. The van der Waals surface area contributed by atoms with Crippen LogP contribution >= 0.6 is 0 Å². The van der Waals surface area contributed by atoms with E-state index in [-0.39, 0.29) is 0 Å². The van der Waals surface area contributed by atoms with E-state index < -0.39 is 41.7 Å². The Balaban J connectivity index is 2.42. The van der Waals surface area contributed by atoms with Gasteiger partial charge in [-0.15, -0.1) is 0 Å². The second kappa shape index (κ2) is 10.4. The van der Waals surface area contributed by atoms with Crippen molar-refractivity contribution in [2.45, 2.75) is 120 Å². The lowest BCUT2D eigenvalue weighted by molar-refractivity contribution is -0.297. The molecule has 0 spiro atoms. The highest BCUT2D eigenvalue weighted by atomic mass is 19.3. The first kappa shape index (κ1) is 25.8.